The third kappa shape index (κ3) is 3.26. The van der Waals surface area contributed by atoms with Crippen LogP contribution in [-0.2, 0) is 6.54 Å². The summed E-state index contributed by atoms with van der Waals surface area (Å²) in [6.45, 7) is 3.19. The van der Waals surface area contributed by atoms with Gasteiger partial charge >= 0.3 is 0 Å². The van der Waals surface area contributed by atoms with Gasteiger partial charge in [0.2, 0.25) is 0 Å². The molecule has 1 aromatic rings. The molecular weight excluding hydrogens is 238 g/mol. The molecular formula is C15H23N3O. The number of nitrogens with two attached hydrogens (primary N) is 1. The molecule has 2 rings (SSSR count). The van der Waals surface area contributed by atoms with Gasteiger partial charge in [-0.3, -0.25) is 10.3 Å². The standard InChI is InChI=1S/C15H23N3O/c1-10(12-5-6-12)18(2)9-11-4-7-13(15(16)17)14(8-11)19-3/h4,7-8,10,12H,5-6,9H2,1-3H3,(H3,16,17). The van der Waals surface area contributed by atoms with Crippen molar-refractivity contribution in [3.8, 4) is 5.75 Å². The van der Waals surface area contributed by atoms with Crippen molar-refractivity contribution in [3.05, 3.63) is 29.3 Å². The van der Waals surface area contributed by atoms with Gasteiger partial charge in [0.05, 0.1) is 12.7 Å². The minimum atomic E-state index is 0.0445. The zero-order chi connectivity index (χ0) is 14.0. The van der Waals surface area contributed by atoms with Gasteiger partial charge in [0, 0.05) is 12.6 Å². The molecule has 0 heterocycles. The monoisotopic (exact) mass is 261 g/mol. The predicted octanol–water partition coefficient (Wildman–Crippen LogP) is 2.21. The number of rotatable bonds is 6. The molecule has 0 bridgehead atoms. The lowest BCUT2D eigenvalue weighted by atomic mass is 10.1. The smallest absolute Gasteiger partial charge is 0.130 e. The number of hydrogen-bond donors (Lipinski definition) is 2. The number of nitrogens with one attached hydrogen (secondary N) is 1. The minimum Gasteiger partial charge on any atom is -0.496 e. The average Bonchev–Trinajstić information content (AvgIpc) is 3.21. The van der Waals surface area contributed by atoms with E-state index < -0.39 is 0 Å². The molecule has 1 aliphatic carbocycles. The van der Waals surface area contributed by atoms with E-state index in [9.17, 15) is 0 Å². The second-order valence-electron chi connectivity index (χ2n) is 5.44. The summed E-state index contributed by atoms with van der Waals surface area (Å²) in [5.41, 5.74) is 7.38. The molecule has 1 unspecified atom stereocenters. The zero-order valence-corrected chi connectivity index (χ0v) is 11.9. The molecule has 0 amide bonds. The molecule has 1 atom stereocenters. The lowest BCUT2D eigenvalue weighted by Crippen LogP contribution is -2.30. The summed E-state index contributed by atoms with van der Waals surface area (Å²) in [6.07, 6.45) is 2.72. The summed E-state index contributed by atoms with van der Waals surface area (Å²) in [5, 5.41) is 7.51. The van der Waals surface area contributed by atoms with Crippen LogP contribution in [0.1, 0.15) is 30.9 Å². The van der Waals surface area contributed by atoms with Gasteiger partial charge < -0.3 is 10.5 Å². The predicted molar refractivity (Wildman–Crippen MR) is 77.7 cm³/mol. The molecule has 19 heavy (non-hydrogen) atoms. The second-order valence-corrected chi connectivity index (χ2v) is 5.44. The Balaban J connectivity index is 2.10. The van der Waals surface area contributed by atoms with Crippen molar-refractivity contribution >= 4 is 5.84 Å². The molecule has 104 valence electrons. The van der Waals surface area contributed by atoms with Gasteiger partial charge in [-0.1, -0.05) is 6.07 Å². The van der Waals surface area contributed by atoms with Crippen molar-refractivity contribution in [2.45, 2.75) is 32.4 Å². The Labute approximate surface area is 115 Å². The topological polar surface area (TPSA) is 62.3 Å². The number of benzene rings is 1. The Hall–Kier alpha value is -1.55. The number of methoxy groups -OCH3 is 1. The Morgan fingerprint density at radius 1 is 1.53 bits per heavy atom. The highest BCUT2D eigenvalue weighted by atomic mass is 16.5. The molecule has 0 aliphatic heterocycles. The molecule has 1 saturated carbocycles. The van der Waals surface area contributed by atoms with Gasteiger partial charge in [0.25, 0.3) is 0 Å². The zero-order valence-electron chi connectivity index (χ0n) is 11.9. The van der Waals surface area contributed by atoms with E-state index in [4.69, 9.17) is 15.9 Å². The van der Waals surface area contributed by atoms with Crippen LogP contribution in [0.4, 0.5) is 0 Å². The first-order valence-corrected chi connectivity index (χ1v) is 6.74. The Morgan fingerprint density at radius 2 is 2.21 bits per heavy atom. The maximum Gasteiger partial charge on any atom is 0.130 e. The van der Waals surface area contributed by atoms with Crippen LogP contribution in [0.2, 0.25) is 0 Å². The van der Waals surface area contributed by atoms with Crippen LogP contribution < -0.4 is 10.5 Å². The number of amidine groups is 1. The molecule has 4 heteroatoms. The van der Waals surface area contributed by atoms with Crippen molar-refractivity contribution in [2.24, 2.45) is 11.7 Å². The maximum absolute atomic E-state index is 7.51. The van der Waals surface area contributed by atoms with Crippen molar-refractivity contribution in [3.63, 3.8) is 0 Å². The van der Waals surface area contributed by atoms with Crippen LogP contribution in [0.3, 0.4) is 0 Å². The highest BCUT2D eigenvalue weighted by Crippen LogP contribution is 2.35. The molecule has 4 nitrogen and oxygen atoms in total. The quantitative estimate of drug-likeness (QED) is 0.609. The van der Waals surface area contributed by atoms with Crippen molar-refractivity contribution < 1.29 is 4.74 Å². The molecule has 0 aromatic heterocycles. The van der Waals surface area contributed by atoms with Gasteiger partial charge in [-0.2, -0.15) is 0 Å². The summed E-state index contributed by atoms with van der Waals surface area (Å²) < 4.78 is 5.31. The largest absolute Gasteiger partial charge is 0.496 e. The van der Waals surface area contributed by atoms with E-state index in [1.54, 1.807) is 7.11 Å². The number of nitrogens with zero attached hydrogens (tertiary/aromatic N) is 1. The molecule has 1 fully saturated rings. The second kappa shape index (κ2) is 5.61. The van der Waals surface area contributed by atoms with Crippen LogP contribution >= 0.6 is 0 Å². The summed E-state index contributed by atoms with van der Waals surface area (Å²) in [5.74, 6) is 1.59. The normalized spacial score (nSPS) is 16.4. The van der Waals surface area contributed by atoms with Gasteiger partial charge in [0.15, 0.2) is 0 Å². The third-order valence-electron chi connectivity index (χ3n) is 3.99. The van der Waals surface area contributed by atoms with E-state index in [0.29, 0.717) is 17.4 Å². The molecule has 0 radical (unpaired) electrons. The SMILES string of the molecule is COc1cc(CN(C)C(C)C2CC2)ccc1C(=N)N. The Morgan fingerprint density at radius 3 is 2.74 bits per heavy atom. The van der Waals surface area contributed by atoms with E-state index in [2.05, 4.69) is 18.9 Å². The lowest BCUT2D eigenvalue weighted by molar-refractivity contribution is 0.226. The van der Waals surface area contributed by atoms with E-state index in [1.165, 1.54) is 18.4 Å². The van der Waals surface area contributed by atoms with E-state index in [1.807, 2.05) is 18.2 Å². The summed E-state index contributed by atoms with van der Waals surface area (Å²) in [6, 6.07) is 6.49. The van der Waals surface area contributed by atoms with Gasteiger partial charge in [-0.25, -0.2) is 0 Å². The van der Waals surface area contributed by atoms with E-state index in [-0.39, 0.29) is 5.84 Å². The Kier molecular flexibility index (Phi) is 4.10. The number of nitrogen functional groups attached to an aromatic ring is 1. The first-order valence-electron chi connectivity index (χ1n) is 6.74. The van der Waals surface area contributed by atoms with Crippen LogP contribution in [0.5, 0.6) is 5.75 Å². The maximum atomic E-state index is 7.51. The molecule has 0 saturated heterocycles. The summed E-state index contributed by atoms with van der Waals surface area (Å²) >= 11 is 0. The van der Waals surface area contributed by atoms with Gasteiger partial charge in [-0.05, 0) is 50.4 Å². The molecule has 1 aliphatic rings. The van der Waals surface area contributed by atoms with Crippen molar-refractivity contribution in [1.29, 1.82) is 5.41 Å². The van der Waals surface area contributed by atoms with E-state index >= 15 is 0 Å². The van der Waals surface area contributed by atoms with Crippen LogP contribution in [0, 0.1) is 11.3 Å². The van der Waals surface area contributed by atoms with Crippen molar-refractivity contribution in [1.82, 2.24) is 4.90 Å². The van der Waals surface area contributed by atoms with Gasteiger partial charge in [-0.15, -0.1) is 0 Å². The van der Waals surface area contributed by atoms with Crippen LogP contribution in [0.25, 0.3) is 0 Å². The van der Waals surface area contributed by atoms with Crippen LogP contribution in [0.15, 0.2) is 18.2 Å². The number of hydrogen-bond acceptors (Lipinski definition) is 3. The highest BCUT2D eigenvalue weighted by molar-refractivity contribution is 5.97. The third-order valence-corrected chi connectivity index (χ3v) is 3.99. The van der Waals surface area contributed by atoms with Crippen LogP contribution in [-0.4, -0.2) is 30.9 Å². The fourth-order valence-electron chi connectivity index (χ4n) is 2.43. The number of ether oxygens (including phenoxy) is 1. The fourth-order valence-corrected chi connectivity index (χ4v) is 2.43. The fraction of sp³-hybridized carbons (Fsp3) is 0.533. The summed E-state index contributed by atoms with van der Waals surface area (Å²) in [7, 11) is 3.77. The molecule has 1 aromatic carbocycles. The van der Waals surface area contributed by atoms with E-state index in [0.717, 1.165) is 12.5 Å². The Bertz CT molecular complexity index is 468. The minimum absolute atomic E-state index is 0.0445. The molecule has 3 N–H and O–H groups in total. The first kappa shape index (κ1) is 13.9. The average molecular weight is 261 g/mol. The highest BCUT2D eigenvalue weighted by Gasteiger charge is 2.30. The first-order chi connectivity index (χ1) is 9.02. The van der Waals surface area contributed by atoms with Gasteiger partial charge in [0.1, 0.15) is 11.6 Å². The molecule has 0 spiro atoms. The summed E-state index contributed by atoms with van der Waals surface area (Å²) in [4.78, 5) is 2.37. The van der Waals surface area contributed by atoms with Crippen molar-refractivity contribution in [2.75, 3.05) is 14.2 Å². The lowest BCUT2D eigenvalue weighted by Gasteiger charge is -2.25.